The first-order valence-electron chi connectivity index (χ1n) is 5.90. The van der Waals surface area contributed by atoms with Crippen molar-refractivity contribution in [3.05, 3.63) is 58.2 Å². The van der Waals surface area contributed by atoms with Crippen molar-refractivity contribution in [3.8, 4) is 0 Å². The Bertz CT molecular complexity index is 706. The van der Waals surface area contributed by atoms with E-state index in [9.17, 15) is 19.3 Å². The molecule has 0 aliphatic heterocycles. The number of amides is 1. The summed E-state index contributed by atoms with van der Waals surface area (Å²) in [6.45, 7) is 0. The van der Waals surface area contributed by atoms with Gasteiger partial charge in [0.2, 0.25) is 0 Å². The number of carbonyl (C=O) groups is 1. The molecule has 108 valence electrons. The molecule has 0 radical (unpaired) electrons. The zero-order chi connectivity index (χ0) is 15.4. The predicted molar refractivity (Wildman–Crippen MR) is 74.8 cm³/mol. The van der Waals surface area contributed by atoms with Gasteiger partial charge in [0.05, 0.1) is 22.2 Å². The number of nitrogens with one attached hydrogen (secondary N) is 2. The molecule has 7 nitrogen and oxygen atoms in total. The molecular formula is C13H11FN4O3. The van der Waals surface area contributed by atoms with Crippen LogP contribution in [-0.2, 0) is 0 Å². The molecule has 2 aromatic rings. The molecule has 8 heteroatoms. The number of halogens is 1. The van der Waals surface area contributed by atoms with E-state index in [1.54, 1.807) is 13.1 Å². The van der Waals surface area contributed by atoms with Crippen molar-refractivity contribution in [1.29, 1.82) is 0 Å². The summed E-state index contributed by atoms with van der Waals surface area (Å²) in [5.41, 5.74) is 0.238. The Morgan fingerprint density at radius 1 is 1.33 bits per heavy atom. The normalized spacial score (nSPS) is 10.0. The van der Waals surface area contributed by atoms with E-state index < -0.39 is 16.6 Å². The van der Waals surface area contributed by atoms with Gasteiger partial charge in [0.15, 0.2) is 5.82 Å². The molecular weight excluding hydrogens is 279 g/mol. The summed E-state index contributed by atoms with van der Waals surface area (Å²) in [6, 6.07) is 4.60. The molecule has 0 saturated carbocycles. The molecule has 0 saturated heterocycles. The number of pyridine rings is 1. The maximum atomic E-state index is 13.7. The Labute approximate surface area is 119 Å². The van der Waals surface area contributed by atoms with Crippen LogP contribution in [0.1, 0.15) is 10.4 Å². The minimum absolute atomic E-state index is 0.142. The number of benzene rings is 1. The van der Waals surface area contributed by atoms with Crippen molar-refractivity contribution in [3.63, 3.8) is 0 Å². The van der Waals surface area contributed by atoms with E-state index >= 15 is 0 Å². The van der Waals surface area contributed by atoms with Crippen LogP contribution in [0.4, 0.5) is 21.5 Å². The Balaban J connectivity index is 2.26. The first-order valence-corrected chi connectivity index (χ1v) is 5.90. The molecule has 0 spiro atoms. The summed E-state index contributed by atoms with van der Waals surface area (Å²) >= 11 is 0. The number of hydrogen-bond donors (Lipinski definition) is 2. The molecule has 1 aromatic carbocycles. The van der Waals surface area contributed by atoms with Crippen molar-refractivity contribution >= 4 is 23.0 Å². The van der Waals surface area contributed by atoms with Crippen LogP contribution in [0.2, 0.25) is 0 Å². The van der Waals surface area contributed by atoms with Crippen LogP contribution < -0.4 is 10.6 Å². The maximum Gasteiger partial charge on any atom is 0.272 e. The molecule has 0 fully saturated rings. The number of non-ortho nitro benzene ring substituents is 1. The summed E-state index contributed by atoms with van der Waals surface area (Å²) in [5, 5.41) is 15.7. The average molecular weight is 290 g/mol. The van der Waals surface area contributed by atoms with Gasteiger partial charge in [-0.1, -0.05) is 0 Å². The first kappa shape index (κ1) is 14.4. The van der Waals surface area contributed by atoms with Crippen LogP contribution in [0.25, 0.3) is 0 Å². The van der Waals surface area contributed by atoms with E-state index in [-0.39, 0.29) is 16.9 Å². The van der Waals surface area contributed by atoms with Gasteiger partial charge < -0.3 is 10.6 Å². The SMILES string of the molecule is CNc1ccncc1C(=O)Nc1ccc([N+](=O)[O-])cc1F. The highest BCUT2D eigenvalue weighted by molar-refractivity contribution is 6.07. The Morgan fingerprint density at radius 3 is 2.71 bits per heavy atom. The van der Waals surface area contributed by atoms with E-state index in [2.05, 4.69) is 15.6 Å². The van der Waals surface area contributed by atoms with E-state index in [4.69, 9.17) is 0 Å². The Kier molecular flexibility index (Phi) is 4.07. The molecule has 2 rings (SSSR count). The zero-order valence-electron chi connectivity index (χ0n) is 11.0. The number of nitro groups is 1. The molecule has 0 aliphatic rings. The summed E-state index contributed by atoms with van der Waals surface area (Å²) < 4.78 is 13.7. The minimum atomic E-state index is -0.882. The zero-order valence-corrected chi connectivity index (χ0v) is 11.0. The smallest absolute Gasteiger partial charge is 0.272 e. The van der Waals surface area contributed by atoms with Crippen LogP contribution in [0.3, 0.4) is 0 Å². The number of rotatable bonds is 4. The fourth-order valence-corrected chi connectivity index (χ4v) is 1.70. The molecule has 2 N–H and O–H groups in total. The third kappa shape index (κ3) is 3.11. The lowest BCUT2D eigenvalue weighted by atomic mass is 10.2. The standard InChI is InChI=1S/C13H11FN4O3/c1-15-11-4-5-16-7-9(11)13(19)17-12-3-2-8(18(20)21)6-10(12)14/h2-7H,1H3,(H,15,16)(H,17,19). The number of aromatic nitrogens is 1. The summed E-state index contributed by atoms with van der Waals surface area (Å²) in [4.78, 5) is 25.7. The minimum Gasteiger partial charge on any atom is -0.387 e. The highest BCUT2D eigenvalue weighted by atomic mass is 19.1. The van der Waals surface area contributed by atoms with Crippen molar-refractivity contribution < 1.29 is 14.1 Å². The topological polar surface area (TPSA) is 97.2 Å². The van der Waals surface area contributed by atoms with Gasteiger partial charge in [-0.25, -0.2) is 4.39 Å². The van der Waals surface area contributed by atoms with Crippen LogP contribution in [-0.4, -0.2) is 22.9 Å². The summed E-state index contributed by atoms with van der Waals surface area (Å²) in [5.74, 6) is -1.45. The summed E-state index contributed by atoms with van der Waals surface area (Å²) in [7, 11) is 1.64. The van der Waals surface area contributed by atoms with Crippen LogP contribution in [0, 0.1) is 15.9 Å². The van der Waals surface area contributed by atoms with Gasteiger partial charge in [-0.3, -0.25) is 19.9 Å². The van der Waals surface area contributed by atoms with Crippen molar-refractivity contribution in [2.75, 3.05) is 17.7 Å². The quantitative estimate of drug-likeness (QED) is 0.665. The lowest BCUT2D eigenvalue weighted by molar-refractivity contribution is -0.385. The van der Waals surface area contributed by atoms with Gasteiger partial charge in [0.1, 0.15) is 0 Å². The first-order chi connectivity index (χ1) is 10.0. The third-order valence-electron chi connectivity index (χ3n) is 2.75. The highest BCUT2D eigenvalue weighted by Crippen LogP contribution is 2.22. The molecule has 21 heavy (non-hydrogen) atoms. The molecule has 0 atom stereocenters. The van der Waals surface area contributed by atoms with Gasteiger partial charge >= 0.3 is 0 Å². The van der Waals surface area contributed by atoms with E-state index in [0.717, 1.165) is 18.2 Å². The van der Waals surface area contributed by atoms with Crippen LogP contribution in [0.15, 0.2) is 36.7 Å². The van der Waals surface area contributed by atoms with Gasteiger partial charge in [-0.2, -0.15) is 0 Å². The molecule has 0 bridgehead atoms. The molecule has 0 unspecified atom stereocenters. The Morgan fingerprint density at radius 2 is 2.10 bits per heavy atom. The number of nitrogens with zero attached hydrogens (tertiary/aromatic N) is 2. The molecule has 1 aromatic heterocycles. The van der Waals surface area contributed by atoms with Gasteiger partial charge in [0.25, 0.3) is 11.6 Å². The lowest BCUT2D eigenvalue weighted by Gasteiger charge is -2.09. The molecule has 1 amide bonds. The fourth-order valence-electron chi connectivity index (χ4n) is 1.70. The van der Waals surface area contributed by atoms with Gasteiger partial charge in [0, 0.05) is 31.2 Å². The second-order valence-electron chi connectivity index (χ2n) is 4.05. The number of anilines is 2. The fraction of sp³-hybridized carbons (Fsp3) is 0.0769. The third-order valence-corrected chi connectivity index (χ3v) is 2.75. The van der Waals surface area contributed by atoms with Crippen molar-refractivity contribution in [1.82, 2.24) is 4.98 Å². The lowest BCUT2D eigenvalue weighted by Crippen LogP contribution is -2.15. The highest BCUT2D eigenvalue weighted by Gasteiger charge is 2.15. The second-order valence-corrected chi connectivity index (χ2v) is 4.05. The van der Waals surface area contributed by atoms with Crippen molar-refractivity contribution in [2.45, 2.75) is 0 Å². The molecule has 0 aliphatic carbocycles. The second kappa shape index (κ2) is 5.95. The van der Waals surface area contributed by atoms with Crippen LogP contribution >= 0.6 is 0 Å². The van der Waals surface area contributed by atoms with Gasteiger partial charge in [-0.15, -0.1) is 0 Å². The summed E-state index contributed by atoms with van der Waals surface area (Å²) in [6.07, 6.45) is 2.85. The van der Waals surface area contributed by atoms with Crippen LogP contribution in [0.5, 0.6) is 0 Å². The van der Waals surface area contributed by atoms with E-state index in [1.807, 2.05) is 0 Å². The predicted octanol–water partition coefficient (Wildman–Crippen LogP) is 2.42. The number of nitro benzene ring substituents is 1. The van der Waals surface area contributed by atoms with E-state index in [0.29, 0.717) is 5.69 Å². The monoisotopic (exact) mass is 290 g/mol. The Hall–Kier alpha value is -3.03. The van der Waals surface area contributed by atoms with E-state index in [1.165, 1.54) is 12.4 Å². The maximum absolute atomic E-state index is 13.7. The largest absolute Gasteiger partial charge is 0.387 e. The average Bonchev–Trinajstić information content (AvgIpc) is 2.48. The molecule has 1 heterocycles. The number of carbonyl (C=O) groups excluding carboxylic acids is 1. The van der Waals surface area contributed by atoms with Gasteiger partial charge in [-0.05, 0) is 12.1 Å². The van der Waals surface area contributed by atoms with Crippen molar-refractivity contribution in [2.24, 2.45) is 0 Å². The number of hydrogen-bond acceptors (Lipinski definition) is 5.